The number of aromatic nitrogens is 2. The van der Waals surface area contributed by atoms with E-state index in [1.54, 1.807) is 0 Å². The predicted octanol–water partition coefficient (Wildman–Crippen LogP) is 4.12. The van der Waals surface area contributed by atoms with E-state index < -0.39 is 0 Å². The molecule has 0 saturated heterocycles. The Balaban J connectivity index is 2.44. The summed E-state index contributed by atoms with van der Waals surface area (Å²) in [5, 5.41) is 0. The fraction of sp³-hybridized carbons (Fsp3) is 0.769. The molecule has 0 spiro atoms. The number of nitrogens with zero attached hydrogens (tertiary/aromatic N) is 1. The molecular formula is C13H24N2. The van der Waals surface area contributed by atoms with Crippen molar-refractivity contribution in [1.29, 1.82) is 0 Å². The molecule has 2 atom stereocenters. The Hall–Kier alpha value is -0.790. The molecule has 0 radical (unpaired) electrons. The molecule has 15 heavy (non-hydrogen) atoms. The molecule has 0 aliphatic heterocycles. The lowest BCUT2D eigenvalue weighted by atomic mass is 9.92. The van der Waals surface area contributed by atoms with Crippen molar-refractivity contribution in [2.24, 2.45) is 5.92 Å². The molecule has 0 aromatic carbocycles. The molecule has 0 amide bonds. The van der Waals surface area contributed by atoms with E-state index in [4.69, 9.17) is 0 Å². The molecule has 1 N–H and O–H groups in total. The number of hydrogen-bond acceptors (Lipinski definition) is 1. The van der Waals surface area contributed by atoms with Crippen molar-refractivity contribution >= 4 is 0 Å². The first-order valence-corrected chi connectivity index (χ1v) is 6.27. The van der Waals surface area contributed by atoms with Crippen LogP contribution in [0.1, 0.15) is 64.6 Å². The number of hydrogen-bond donors (Lipinski definition) is 1. The Bertz CT molecular complexity index is 241. The minimum absolute atomic E-state index is 0.638. The normalized spacial score (nSPS) is 15.1. The average Bonchev–Trinajstić information content (AvgIpc) is 2.76. The van der Waals surface area contributed by atoms with Gasteiger partial charge in [0.1, 0.15) is 5.82 Å². The maximum absolute atomic E-state index is 4.38. The highest BCUT2D eigenvalue weighted by molar-refractivity contribution is 4.96. The van der Waals surface area contributed by atoms with Gasteiger partial charge < -0.3 is 4.98 Å². The van der Waals surface area contributed by atoms with Crippen molar-refractivity contribution < 1.29 is 0 Å². The quantitative estimate of drug-likeness (QED) is 0.717. The Kier molecular flexibility index (Phi) is 5.44. The number of rotatable bonds is 7. The van der Waals surface area contributed by atoms with Crippen LogP contribution < -0.4 is 0 Å². The topological polar surface area (TPSA) is 28.7 Å². The van der Waals surface area contributed by atoms with Crippen molar-refractivity contribution in [3.05, 3.63) is 18.2 Å². The molecule has 0 aliphatic carbocycles. The van der Waals surface area contributed by atoms with Crippen molar-refractivity contribution in [2.75, 3.05) is 0 Å². The Morgan fingerprint density at radius 3 is 2.60 bits per heavy atom. The van der Waals surface area contributed by atoms with Crippen LogP contribution in [0.5, 0.6) is 0 Å². The minimum atomic E-state index is 0.638. The third-order valence-corrected chi connectivity index (χ3v) is 3.25. The van der Waals surface area contributed by atoms with Gasteiger partial charge in [-0.05, 0) is 18.8 Å². The summed E-state index contributed by atoms with van der Waals surface area (Å²) >= 11 is 0. The van der Waals surface area contributed by atoms with Gasteiger partial charge in [0, 0.05) is 18.3 Å². The van der Waals surface area contributed by atoms with E-state index in [-0.39, 0.29) is 0 Å². The van der Waals surface area contributed by atoms with Crippen LogP contribution in [0, 0.1) is 5.92 Å². The van der Waals surface area contributed by atoms with Gasteiger partial charge in [0.2, 0.25) is 0 Å². The van der Waals surface area contributed by atoms with Crippen LogP contribution in [0.2, 0.25) is 0 Å². The Morgan fingerprint density at radius 1 is 1.27 bits per heavy atom. The van der Waals surface area contributed by atoms with E-state index in [9.17, 15) is 0 Å². The van der Waals surface area contributed by atoms with E-state index in [1.165, 1.54) is 37.9 Å². The number of H-pyrrole nitrogens is 1. The third-order valence-electron chi connectivity index (χ3n) is 3.25. The van der Waals surface area contributed by atoms with Gasteiger partial charge in [-0.1, -0.05) is 40.0 Å². The van der Waals surface area contributed by atoms with E-state index in [2.05, 4.69) is 30.7 Å². The summed E-state index contributed by atoms with van der Waals surface area (Å²) in [5.74, 6) is 2.67. The average molecular weight is 208 g/mol. The second kappa shape index (κ2) is 6.65. The third kappa shape index (κ3) is 4.06. The highest BCUT2D eigenvalue weighted by Gasteiger charge is 2.13. The van der Waals surface area contributed by atoms with Crippen molar-refractivity contribution in [3.8, 4) is 0 Å². The molecule has 86 valence electrons. The highest BCUT2D eigenvalue weighted by atomic mass is 14.9. The SMILES string of the molecule is CCCC(CCC(C)CC)c1ncc[nH]1. The lowest BCUT2D eigenvalue weighted by molar-refractivity contribution is 0.437. The number of imidazole rings is 1. The molecule has 0 fully saturated rings. The summed E-state index contributed by atoms with van der Waals surface area (Å²) in [4.78, 5) is 7.64. The summed E-state index contributed by atoms with van der Waals surface area (Å²) in [6.45, 7) is 6.86. The number of nitrogens with one attached hydrogen (secondary N) is 1. The van der Waals surface area contributed by atoms with Gasteiger partial charge in [-0.15, -0.1) is 0 Å². The predicted molar refractivity (Wildman–Crippen MR) is 64.9 cm³/mol. The van der Waals surface area contributed by atoms with E-state index >= 15 is 0 Å². The maximum atomic E-state index is 4.38. The first-order chi connectivity index (χ1) is 7.27. The van der Waals surface area contributed by atoms with E-state index in [0.717, 1.165) is 5.92 Å². The van der Waals surface area contributed by atoms with E-state index in [0.29, 0.717) is 5.92 Å². The monoisotopic (exact) mass is 208 g/mol. The zero-order chi connectivity index (χ0) is 11.1. The smallest absolute Gasteiger partial charge is 0.109 e. The standard InChI is InChI=1S/C13H24N2/c1-4-6-12(8-7-11(3)5-2)13-14-9-10-15-13/h9-12H,4-8H2,1-3H3,(H,14,15). The van der Waals surface area contributed by atoms with E-state index in [1.807, 2.05) is 12.4 Å². The first kappa shape index (κ1) is 12.3. The molecule has 0 saturated carbocycles. The number of aromatic amines is 1. The van der Waals surface area contributed by atoms with Gasteiger partial charge in [0.15, 0.2) is 0 Å². The molecule has 0 aliphatic rings. The molecular weight excluding hydrogens is 184 g/mol. The molecule has 1 aromatic rings. The summed E-state index contributed by atoms with van der Waals surface area (Å²) in [6.07, 6.45) is 10.2. The fourth-order valence-corrected chi connectivity index (χ4v) is 1.96. The molecule has 1 aromatic heterocycles. The van der Waals surface area contributed by atoms with Crippen LogP contribution >= 0.6 is 0 Å². The zero-order valence-electron chi connectivity index (χ0n) is 10.3. The first-order valence-electron chi connectivity index (χ1n) is 6.27. The van der Waals surface area contributed by atoms with Crippen LogP contribution in [0.25, 0.3) is 0 Å². The van der Waals surface area contributed by atoms with Crippen LogP contribution in [0.3, 0.4) is 0 Å². The largest absolute Gasteiger partial charge is 0.348 e. The second-order valence-corrected chi connectivity index (χ2v) is 4.55. The summed E-state index contributed by atoms with van der Waals surface area (Å²) in [5.41, 5.74) is 0. The molecule has 2 unspecified atom stereocenters. The van der Waals surface area contributed by atoms with Gasteiger partial charge in [0.25, 0.3) is 0 Å². The van der Waals surface area contributed by atoms with Crippen LogP contribution in [-0.2, 0) is 0 Å². The summed E-state index contributed by atoms with van der Waals surface area (Å²) in [6, 6.07) is 0. The Labute approximate surface area is 93.5 Å². The minimum Gasteiger partial charge on any atom is -0.348 e. The van der Waals surface area contributed by atoms with Crippen LogP contribution in [-0.4, -0.2) is 9.97 Å². The van der Waals surface area contributed by atoms with Crippen LogP contribution in [0.15, 0.2) is 12.4 Å². The lowest BCUT2D eigenvalue weighted by Crippen LogP contribution is -2.04. The van der Waals surface area contributed by atoms with Gasteiger partial charge in [-0.25, -0.2) is 4.98 Å². The molecule has 2 heteroatoms. The molecule has 1 heterocycles. The van der Waals surface area contributed by atoms with Gasteiger partial charge >= 0.3 is 0 Å². The van der Waals surface area contributed by atoms with Crippen LogP contribution in [0.4, 0.5) is 0 Å². The lowest BCUT2D eigenvalue weighted by Gasteiger charge is -2.16. The summed E-state index contributed by atoms with van der Waals surface area (Å²) in [7, 11) is 0. The maximum Gasteiger partial charge on any atom is 0.109 e. The fourth-order valence-electron chi connectivity index (χ4n) is 1.96. The molecule has 1 rings (SSSR count). The highest BCUT2D eigenvalue weighted by Crippen LogP contribution is 2.26. The Morgan fingerprint density at radius 2 is 2.07 bits per heavy atom. The molecule has 2 nitrogen and oxygen atoms in total. The molecule has 0 bridgehead atoms. The van der Waals surface area contributed by atoms with Gasteiger partial charge in [-0.2, -0.15) is 0 Å². The van der Waals surface area contributed by atoms with Crippen molar-refractivity contribution in [1.82, 2.24) is 9.97 Å². The van der Waals surface area contributed by atoms with Gasteiger partial charge in [-0.3, -0.25) is 0 Å². The summed E-state index contributed by atoms with van der Waals surface area (Å²) < 4.78 is 0. The van der Waals surface area contributed by atoms with Crippen molar-refractivity contribution in [3.63, 3.8) is 0 Å². The second-order valence-electron chi connectivity index (χ2n) is 4.55. The van der Waals surface area contributed by atoms with Crippen molar-refractivity contribution in [2.45, 2.75) is 58.8 Å². The van der Waals surface area contributed by atoms with Gasteiger partial charge in [0.05, 0.1) is 0 Å². The zero-order valence-corrected chi connectivity index (χ0v) is 10.3.